The summed E-state index contributed by atoms with van der Waals surface area (Å²) in [5, 5.41) is 13.4. The standard InChI is InChI=1S/C12H16N2O4/c1-8-5-4-6-10(7-8)11(9(2)14(16)17)13-12(15)18-3/h4-7,9,11H,1-3H3,(H,13,15)/t9-,11-/m1/s1. The quantitative estimate of drug-likeness (QED) is 0.656. The number of hydrogen-bond donors (Lipinski definition) is 1. The fourth-order valence-corrected chi connectivity index (χ4v) is 1.65. The van der Waals surface area contributed by atoms with Crippen LogP contribution in [0.2, 0.25) is 0 Å². The van der Waals surface area contributed by atoms with Crippen LogP contribution in [0.5, 0.6) is 0 Å². The summed E-state index contributed by atoms with van der Waals surface area (Å²) in [6.07, 6.45) is -0.685. The molecule has 0 heterocycles. The van der Waals surface area contributed by atoms with Crippen molar-refractivity contribution in [2.75, 3.05) is 7.11 Å². The highest BCUT2D eigenvalue weighted by atomic mass is 16.6. The van der Waals surface area contributed by atoms with Gasteiger partial charge in [-0.25, -0.2) is 4.79 Å². The third-order valence-corrected chi connectivity index (χ3v) is 2.67. The first-order valence-corrected chi connectivity index (χ1v) is 5.50. The topological polar surface area (TPSA) is 81.5 Å². The Bertz CT molecular complexity index is 447. The smallest absolute Gasteiger partial charge is 0.407 e. The minimum absolute atomic E-state index is 0.428. The number of ether oxygens (including phenoxy) is 1. The van der Waals surface area contributed by atoms with E-state index in [2.05, 4.69) is 10.1 Å². The van der Waals surface area contributed by atoms with Crippen LogP contribution in [0.4, 0.5) is 4.79 Å². The maximum absolute atomic E-state index is 11.3. The van der Waals surface area contributed by atoms with Gasteiger partial charge in [-0.05, 0) is 12.5 Å². The molecule has 0 aromatic heterocycles. The molecule has 0 unspecified atom stereocenters. The molecule has 1 rings (SSSR count). The summed E-state index contributed by atoms with van der Waals surface area (Å²) in [5.74, 6) is 0. The normalized spacial score (nSPS) is 13.5. The lowest BCUT2D eigenvalue weighted by atomic mass is 9.99. The average molecular weight is 252 g/mol. The molecule has 0 spiro atoms. The Hall–Kier alpha value is -2.11. The van der Waals surface area contributed by atoms with Crippen LogP contribution in [-0.2, 0) is 4.74 Å². The number of nitrogens with one attached hydrogen (secondary N) is 1. The van der Waals surface area contributed by atoms with E-state index < -0.39 is 23.1 Å². The Balaban J connectivity index is 3.03. The molecule has 18 heavy (non-hydrogen) atoms. The van der Waals surface area contributed by atoms with Gasteiger partial charge in [-0.1, -0.05) is 29.8 Å². The summed E-state index contributed by atoms with van der Waals surface area (Å²) >= 11 is 0. The van der Waals surface area contributed by atoms with E-state index in [0.717, 1.165) is 5.56 Å². The van der Waals surface area contributed by atoms with Crippen molar-refractivity contribution in [3.05, 3.63) is 45.5 Å². The lowest BCUT2D eigenvalue weighted by Crippen LogP contribution is -2.38. The molecule has 6 nitrogen and oxygen atoms in total. The summed E-state index contributed by atoms with van der Waals surface area (Å²) in [5.41, 5.74) is 1.66. The van der Waals surface area contributed by atoms with Gasteiger partial charge in [-0.2, -0.15) is 0 Å². The molecule has 6 heteroatoms. The van der Waals surface area contributed by atoms with E-state index >= 15 is 0 Å². The lowest BCUT2D eigenvalue weighted by molar-refractivity contribution is -0.523. The highest BCUT2D eigenvalue weighted by Crippen LogP contribution is 2.20. The lowest BCUT2D eigenvalue weighted by Gasteiger charge is -2.19. The molecule has 0 radical (unpaired) electrons. The van der Waals surface area contributed by atoms with Crippen molar-refractivity contribution in [3.8, 4) is 0 Å². The van der Waals surface area contributed by atoms with Gasteiger partial charge in [0.15, 0.2) is 0 Å². The average Bonchev–Trinajstić information content (AvgIpc) is 2.34. The molecule has 0 aliphatic rings. The summed E-state index contributed by atoms with van der Waals surface area (Å²) in [6, 6.07) is 5.57. The maximum atomic E-state index is 11.3. The van der Waals surface area contributed by atoms with Crippen molar-refractivity contribution in [2.45, 2.75) is 25.9 Å². The van der Waals surface area contributed by atoms with Gasteiger partial charge in [0.05, 0.1) is 7.11 Å². The molecule has 0 saturated heterocycles. The van der Waals surface area contributed by atoms with Crippen molar-refractivity contribution < 1.29 is 14.5 Å². The van der Waals surface area contributed by atoms with E-state index in [4.69, 9.17) is 0 Å². The van der Waals surface area contributed by atoms with Crippen molar-refractivity contribution >= 4 is 6.09 Å². The van der Waals surface area contributed by atoms with Crippen LogP contribution in [0.1, 0.15) is 24.1 Å². The molecule has 2 atom stereocenters. The van der Waals surface area contributed by atoms with Gasteiger partial charge in [-0.3, -0.25) is 10.1 Å². The maximum Gasteiger partial charge on any atom is 0.407 e. The number of nitro groups is 1. The van der Waals surface area contributed by atoms with Crippen molar-refractivity contribution in [1.29, 1.82) is 0 Å². The van der Waals surface area contributed by atoms with Crippen molar-refractivity contribution in [3.63, 3.8) is 0 Å². The van der Waals surface area contributed by atoms with E-state index in [0.29, 0.717) is 5.56 Å². The minimum Gasteiger partial charge on any atom is -0.453 e. The number of amides is 1. The Labute approximate surface area is 105 Å². The molecule has 1 N–H and O–H groups in total. The summed E-state index contributed by atoms with van der Waals surface area (Å²) in [6.45, 7) is 3.33. The second kappa shape index (κ2) is 6.00. The number of benzene rings is 1. The number of rotatable bonds is 4. The SMILES string of the molecule is COC(=O)N[C@@H](c1cccc(C)c1)[C@@H](C)[N+](=O)[O-]. The third-order valence-electron chi connectivity index (χ3n) is 2.67. The van der Waals surface area contributed by atoms with E-state index in [-0.39, 0.29) is 0 Å². The molecule has 1 amide bonds. The van der Waals surface area contributed by atoms with Gasteiger partial charge in [0.1, 0.15) is 6.04 Å². The third kappa shape index (κ3) is 3.44. The molecule has 0 aliphatic heterocycles. The number of aryl methyl sites for hydroxylation is 1. The Morgan fingerprint density at radius 3 is 2.67 bits per heavy atom. The molecule has 98 valence electrons. The van der Waals surface area contributed by atoms with Gasteiger partial charge in [0.25, 0.3) is 0 Å². The molecule has 0 bridgehead atoms. The second-order valence-electron chi connectivity index (χ2n) is 4.05. The molecule has 0 fully saturated rings. The monoisotopic (exact) mass is 252 g/mol. The van der Waals surface area contributed by atoms with Gasteiger partial charge in [0.2, 0.25) is 6.04 Å². The van der Waals surface area contributed by atoms with E-state index in [9.17, 15) is 14.9 Å². The number of methoxy groups -OCH3 is 1. The second-order valence-corrected chi connectivity index (χ2v) is 4.05. The first kappa shape index (κ1) is 14.0. The summed E-state index contributed by atoms with van der Waals surface area (Å²) in [4.78, 5) is 21.7. The highest BCUT2D eigenvalue weighted by Gasteiger charge is 2.30. The summed E-state index contributed by atoms with van der Waals surface area (Å²) < 4.78 is 4.49. The number of carbonyl (C=O) groups is 1. The fourth-order valence-electron chi connectivity index (χ4n) is 1.65. The van der Waals surface area contributed by atoms with Crippen LogP contribution in [-0.4, -0.2) is 24.2 Å². The number of carbonyl (C=O) groups excluding carboxylic acids is 1. The molecule has 0 saturated carbocycles. The fraction of sp³-hybridized carbons (Fsp3) is 0.417. The molecule has 1 aromatic rings. The zero-order chi connectivity index (χ0) is 13.7. The molecule has 0 aliphatic carbocycles. The Morgan fingerprint density at radius 1 is 1.50 bits per heavy atom. The van der Waals surface area contributed by atoms with Crippen LogP contribution in [0, 0.1) is 17.0 Å². The van der Waals surface area contributed by atoms with Crippen LogP contribution in [0.3, 0.4) is 0 Å². The summed E-state index contributed by atoms with van der Waals surface area (Å²) in [7, 11) is 1.22. The Morgan fingerprint density at radius 2 is 2.17 bits per heavy atom. The predicted molar refractivity (Wildman–Crippen MR) is 65.9 cm³/mol. The molecule has 1 aromatic carbocycles. The van der Waals surface area contributed by atoms with Gasteiger partial charge in [0, 0.05) is 11.8 Å². The first-order valence-electron chi connectivity index (χ1n) is 5.50. The van der Waals surface area contributed by atoms with Crippen LogP contribution >= 0.6 is 0 Å². The molecular weight excluding hydrogens is 236 g/mol. The highest BCUT2D eigenvalue weighted by molar-refractivity contribution is 5.67. The minimum atomic E-state index is -0.939. The number of hydrogen-bond acceptors (Lipinski definition) is 4. The van der Waals surface area contributed by atoms with Crippen LogP contribution < -0.4 is 5.32 Å². The van der Waals surface area contributed by atoms with Gasteiger partial charge >= 0.3 is 6.09 Å². The van der Waals surface area contributed by atoms with E-state index in [1.807, 2.05) is 13.0 Å². The zero-order valence-corrected chi connectivity index (χ0v) is 10.5. The zero-order valence-electron chi connectivity index (χ0n) is 10.5. The molecular formula is C12H16N2O4. The van der Waals surface area contributed by atoms with Crippen molar-refractivity contribution in [1.82, 2.24) is 5.32 Å². The van der Waals surface area contributed by atoms with E-state index in [1.165, 1.54) is 14.0 Å². The Kier molecular flexibility index (Phi) is 4.65. The first-order chi connectivity index (χ1) is 8.45. The van der Waals surface area contributed by atoms with E-state index in [1.54, 1.807) is 18.2 Å². The van der Waals surface area contributed by atoms with Gasteiger partial charge < -0.3 is 10.1 Å². The largest absolute Gasteiger partial charge is 0.453 e. The number of alkyl carbamates (subject to hydrolysis) is 1. The van der Waals surface area contributed by atoms with Crippen molar-refractivity contribution in [2.24, 2.45) is 0 Å². The van der Waals surface area contributed by atoms with Crippen LogP contribution in [0.15, 0.2) is 24.3 Å². The van der Waals surface area contributed by atoms with Crippen LogP contribution in [0.25, 0.3) is 0 Å². The van der Waals surface area contributed by atoms with Gasteiger partial charge in [-0.15, -0.1) is 0 Å². The predicted octanol–water partition coefficient (Wildman–Crippen LogP) is 2.06. The number of nitrogens with zero attached hydrogens (tertiary/aromatic N) is 1.